The lowest BCUT2D eigenvalue weighted by Gasteiger charge is -2.49. The van der Waals surface area contributed by atoms with Crippen molar-refractivity contribution in [2.24, 2.45) is 0 Å². The molecule has 24 heteroatoms. The minimum absolute atomic E-state index is 0.0262. The van der Waals surface area contributed by atoms with Crippen LogP contribution >= 0.6 is 7.82 Å². The highest BCUT2D eigenvalue weighted by molar-refractivity contribution is 7.47. The molecule has 16 atom stereocenters. The molecule has 23 nitrogen and oxygen atoms in total. The number of unbranched alkanes of at least 4 members (excludes halogenated alkanes) is 20. The molecule has 12 N–H and O–H groups in total. The zero-order valence-corrected chi connectivity index (χ0v) is 43.8. The molecule has 0 aromatic rings. The molecule has 0 radical (unpaired) electrons. The predicted octanol–water partition coefficient (Wildman–Crippen LogP) is 1.81. The second-order valence-corrected chi connectivity index (χ2v) is 21.2. The summed E-state index contributed by atoms with van der Waals surface area (Å²) in [5, 5.41) is 116. The lowest BCUT2D eigenvalue weighted by atomic mass is 9.84. The molecule has 3 fully saturated rings. The number of hydrogen-bond acceptors (Lipinski definition) is 22. The smallest absolute Gasteiger partial charge is 0.462 e. The number of hydrogen-bond donors (Lipinski definition) is 12. The van der Waals surface area contributed by atoms with E-state index in [-0.39, 0.29) is 12.8 Å². The first kappa shape index (κ1) is 65.7. The standard InChI is InChI=1S/C49H91O23P/c1-3-5-7-9-11-13-15-17-19-21-23-25-34(52)65-29-31(67-35(53)26-24-22-20-18-16-14-12-10-8-6-4-2)30-66-73(63,64)72-47-45(70-48-43(61)38(56)36(54)32(27-50)68-48)41(59)40(58)42(60)46(47)71-49-44(62)39(57)37(55)33(28-51)69-49/h31-33,36-51,54-62H,3-30H2,1-2H3,(H,63,64). The molecule has 2 heterocycles. The van der Waals surface area contributed by atoms with Gasteiger partial charge in [0.1, 0.15) is 92.1 Å². The maximum atomic E-state index is 14.0. The maximum Gasteiger partial charge on any atom is 0.472 e. The third kappa shape index (κ3) is 22.8. The van der Waals surface area contributed by atoms with Crippen LogP contribution < -0.4 is 0 Å². The van der Waals surface area contributed by atoms with Crippen LogP contribution in [-0.2, 0) is 51.6 Å². The minimum atomic E-state index is -5.62. The predicted molar refractivity (Wildman–Crippen MR) is 259 cm³/mol. The Morgan fingerprint density at radius 1 is 0.466 bits per heavy atom. The van der Waals surface area contributed by atoms with Crippen LogP contribution in [0.1, 0.15) is 168 Å². The number of phosphoric ester groups is 1. The Bertz CT molecular complexity index is 1480. The quantitative estimate of drug-likeness (QED) is 0.0238. The number of ether oxygens (including phenoxy) is 6. The Morgan fingerprint density at radius 3 is 1.21 bits per heavy atom. The van der Waals surface area contributed by atoms with Crippen LogP contribution in [0.25, 0.3) is 0 Å². The molecule has 0 spiro atoms. The van der Waals surface area contributed by atoms with E-state index in [1.54, 1.807) is 0 Å². The molecule has 3 rings (SSSR count). The van der Waals surface area contributed by atoms with Gasteiger partial charge in [-0.15, -0.1) is 0 Å². The van der Waals surface area contributed by atoms with Gasteiger partial charge in [-0.3, -0.25) is 18.6 Å². The van der Waals surface area contributed by atoms with Gasteiger partial charge in [-0.1, -0.05) is 142 Å². The number of carbonyl (C=O) groups is 2. The van der Waals surface area contributed by atoms with Gasteiger partial charge in [-0.05, 0) is 12.8 Å². The van der Waals surface area contributed by atoms with Crippen molar-refractivity contribution in [1.82, 2.24) is 0 Å². The number of aliphatic hydroxyl groups is 11. The molecule has 1 saturated carbocycles. The molecule has 2 saturated heterocycles. The Balaban J connectivity index is 1.76. The zero-order valence-electron chi connectivity index (χ0n) is 42.9. The van der Waals surface area contributed by atoms with E-state index in [1.807, 2.05) is 0 Å². The Kier molecular flexibility index (Phi) is 32.2. The number of carbonyl (C=O) groups excluding carboxylic acids is 2. The summed E-state index contributed by atoms with van der Waals surface area (Å²) in [6, 6.07) is 0. The van der Waals surface area contributed by atoms with E-state index < -0.39 is 150 Å². The average Bonchev–Trinajstić information content (AvgIpc) is 3.37. The minimum Gasteiger partial charge on any atom is -0.462 e. The molecule has 0 aromatic carbocycles. The molecular formula is C49H91O23P. The number of aliphatic hydroxyl groups excluding tert-OH is 11. The number of esters is 2. The molecule has 16 unspecified atom stereocenters. The Hall–Kier alpha value is -1.55. The fourth-order valence-corrected chi connectivity index (χ4v) is 10.1. The summed E-state index contributed by atoms with van der Waals surface area (Å²) < 4.78 is 57.9. The summed E-state index contributed by atoms with van der Waals surface area (Å²) in [4.78, 5) is 37.3. The third-order valence-electron chi connectivity index (χ3n) is 13.7. The van der Waals surface area contributed by atoms with Crippen LogP contribution in [0.4, 0.5) is 0 Å². The van der Waals surface area contributed by atoms with Gasteiger partial charge in [0.05, 0.1) is 19.8 Å². The van der Waals surface area contributed by atoms with Crippen molar-refractivity contribution < 1.29 is 113 Å². The van der Waals surface area contributed by atoms with Crippen LogP contribution in [0.2, 0.25) is 0 Å². The van der Waals surface area contributed by atoms with E-state index in [0.717, 1.165) is 57.8 Å². The van der Waals surface area contributed by atoms with Crippen molar-refractivity contribution in [2.75, 3.05) is 26.4 Å². The lowest BCUT2D eigenvalue weighted by Crippen LogP contribution is -2.69. The fourth-order valence-electron chi connectivity index (χ4n) is 9.12. The monoisotopic (exact) mass is 1080 g/mol. The maximum absolute atomic E-state index is 14.0. The van der Waals surface area contributed by atoms with Crippen LogP contribution in [-0.4, -0.2) is 204 Å². The van der Waals surface area contributed by atoms with Gasteiger partial charge in [-0.2, -0.15) is 0 Å². The van der Waals surface area contributed by atoms with E-state index in [4.69, 9.17) is 37.5 Å². The topological polar surface area (TPSA) is 368 Å². The second-order valence-electron chi connectivity index (χ2n) is 19.8. The summed E-state index contributed by atoms with van der Waals surface area (Å²) in [5.41, 5.74) is 0. The summed E-state index contributed by atoms with van der Waals surface area (Å²) in [5.74, 6) is -1.33. The van der Waals surface area contributed by atoms with Crippen molar-refractivity contribution in [3.63, 3.8) is 0 Å². The molecular weight excluding hydrogens is 987 g/mol. The van der Waals surface area contributed by atoms with Gasteiger partial charge in [0.25, 0.3) is 0 Å². The molecule has 430 valence electrons. The fraction of sp³-hybridized carbons (Fsp3) is 0.959. The highest BCUT2D eigenvalue weighted by Gasteiger charge is 2.58. The summed E-state index contributed by atoms with van der Waals surface area (Å²) in [6.45, 7) is 0.958. The van der Waals surface area contributed by atoms with Crippen LogP contribution in [0.3, 0.4) is 0 Å². The summed E-state index contributed by atoms with van der Waals surface area (Å²) in [7, 11) is -5.62. The summed E-state index contributed by atoms with van der Waals surface area (Å²) in [6.07, 6.45) is -11.5. The molecule has 1 aliphatic carbocycles. The SMILES string of the molecule is CCCCCCCCCCCCCC(=O)OCC(COP(=O)(O)OC1C(OC2OC(CO)C(O)C(O)C2O)C(O)C(O)C(O)C1OC1OC(CO)C(O)C(O)C1O)OC(=O)CCCCCCCCCCCCC. The second kappa shape index (κ2) is 35.8. The Labute approximate surface area is 430 Å². The van der Waals surface area contributed by atoms with Crippen molar-refractivity contribution in [1.29, 1.82) is 0 Å². The summed E-state index contributed by atoms with van der Waals surface area (Å²) >= 11 is 0. The van der Waals surface area contributed by atoms with Gasteiger partial charge in [0.2, 0.25) is 0 Å². The van der Waals surface area contributed by atoms with Gasteiger partial charge in [0, 0.05) is 12.8 Å². The molecule has 0 amide bonds. The first-order chi connectivity index (χ1) is 34.9. The number of phosphoric acid groups is 1. The molecule has 73 heavy (non-hydrogen) atoms. The first-order valence-electron chi connectivity index (χ1n) is 26.9. The lowest BCUT2D eigenvalue weighted by molar-refractivity contribution is -0.360. The molecule has 0 bridgehead atoms. The van der Waals surface area contributed by atoms with Crippen molar-refractivity contribution in [3.05, 3.63) is 0 Å². The van der Waals surface area contributed by atoms with Gasteiger partial charge < -0.3 is 89.5 Å². The molecule has 0 aromatic heterocycles. The van der Waals surface area contributed by atoms with Crippen molar-refractivity contribution in [2.45, 2.75) is 272 Å². The van der Waals surface area contributed by atoms with E-state index in [9.17, 15) is 75.2 Å². The van der Waals surface area contributed by atoms with Crippen molar-refractivity contribution in [3.8, 4) is 0 Å². The third-order valence-corrected chi connectivity index (χ3v) is 14.7. The van der Waals surface area contributed by atoms with E-state index in [0.29, 0.717) is 12.8 Å². The van der Waals surface area contributed by atoms with Crippen LogP contribution in [0, 0.1) is 0 Å². The largest absolute Gasteiger partial charge is 0.472 e. The normalized spacial score (nSPS) is 33.0. The highest BCUT2D eigenvalue weighted by Crippen LogP contribution is 2.49. The van der Waals surface area contributed by atoms with E-state index in [2.05, 4.69) is 13.8 Å². The Morgan fingerprint density at radius 2 is 0.822 bits per heavy atom. The molecule has 2 aliphatic heterocycles. The number of rotatable bonds is 38. The zero-order chi connectivity index (χ0) is 53.9. The van der Waals surface area contributed by atoms with Gasteiger partial charge >= 0.3 is 19.8 Å². The first-order valence-corrected chi connectivity index (χ1v) is 28.4. The van der Waals surface area contributed by atoms with Crippen LogP contribution in [0.15, 0.2) is 0 Å². The van der Waals surface area contributed by atoms with E-state index in [1.165, 1.54) is 70.6 Å². The van der Waals surface area contributed by atoms with Gasteiger partial charge in [0.15, 0.2) is 18.7 Å². The molecule has 3 aliphatic rings. The van der Waals surface area contributed by atoms with Gasteiger partial charge in [-0.25, -0.2) is 4.57 Å². The highest BCUT2D eigenvalue weighted by atomic mass is 31.2. The van der Waals surface area contributed by atoms with Crippen LogP contribution in [0.5, 0.6) is 0 Å². The van der Waals surface area contributed by atoms with Crippen molar-refractivity contribution >= 4 is 19.8 Å². The average molecular weight is 1080 g/mol. The van der Waals surface area contributed by atoms with E-state index >= 15 is 0 Å².